The molecule has 2 N–H and O–H groups in total. The second kappa shape index (κ2) is 9.22. The third kappa shape index (κ3) is 8.90. The van der Waals surface area contributed by atoms with Crippen molar-refractivity contribution in [2.24, 2.45) is 0 Å². The summed E-state index contributed by atoms with van der Waals surface area (Å²) >= 11 is 5.70. The molecule has 1 rings (SSSR count). The van der Waals surface area contributed by atoms with Crippen molar-refractivity contribution in [3.8, 4) is 0 Å². The summed E-state index contributed by atoms with van der Waals surface area (Å²) in [5.74, 6) is -0.852. The summed E-state index contributed by atoms with van der Waals surface area (Å²) in [6.07, 6.45) is -0.335. The molecule has 0 saturated carbocycles. The SMILES string of the molecule is C[C@@H](OC(=O)CCNC(=O)OC(C)(C)C)C(=O)Nc1ccc(Cl)cn1. The van der Waals surface area contributed by atoms with E-state index in [2.05, 4.69) is 15.6 Å². The molecule has 0 fully saturated rings. The second-order valence-electron chi connectivity index (χ2n) is 6.16. The van der Waals surface area contributed by atoms with E-state index in [1.807, 2.05) is 0 Å². The van der Waals surface area contributed by atoms with Gasteiger partial charge in [-0.2, -0.15) is 0 Å². The Hall–Kier alpha value is -2.35. The molecule has 0 bridgehead atoms. The van der Waals surface area contributed by atoms with Gasteiger partial charge < -0.3 is 20.1 Å². The monoisotopic (exact) mass is 371 g/mol. The zero-order valence-corrected chi connectivity index (χ0v) is 15.3. The third-order valence-electron chi connectivity index (χ3n) is 2.65. The smallest absolute Gasteiger partial charge is 0.407 e. The van der Waals surface area contributed by atoms with Crippen LogP contribution in [0.5, 0.6) is 0 Å². The van der Waals surface area contributed by atoms with Crippen LogP contribution in [0.3, 0.4) is 0 Å². The number of pyridine rings is 1. The van der Waals surface area contributed by atoms with Gasteiger partial charge in [0.1, 0.15) is 11.4 Å². The summed E-state index contributed by atoms with van der Waals surface area (Å²) in [7, 11) is 0. The molecular weight excluding hydrogens is 350 g/mol. The molecule has 2 amide bonds. The minimum absolute atomic E-state index is 0.0425. The number of esters is 1. The Bertz CT molecular complexity index is 613. The number of aromatic nitrogens is 1. The van der Waals surface area contributed by atoms with E-state index in [1.165, 1.54) is 19.2 Å². The van der Waals surface area contributed by atoms with Crippen LogP contribution in [-0.2, 0) is 19.1 Å². The molecule has 138 valence electrons. The predicted molar refractivity (Wildman–Crippen MR) is 92.3 cm³/mol. The minimum atomic E-state index is -1.01. The molecule has 0 saturated heterocycles. The van der Waals surface area contributed by atoms with E-state index in [1.54, 1.807) is 26.8 Å². The average molecular weight is 372 g/mol. The van der Waals surface area contributed by atoms with Crippen LogP contribution in [0.1, 0.15) is 34.1 Å². The lowest BCUT2D eigenvalue weighted by molar-refractivity contribution is -0.153. The molecule has 0 aliphatic heterocycles. The van der Waals surface area contributed by atoms with Crippen molar-refractivity contribution in [1.29, 1.82) is 0 Å². The van der Waals surface area contributed by atoms with E-state index in [0.29, 0.717) is 10.8 Å². The fraction of sp³-hybridized carbons (Fsp3) is 0.500. The predicted octanol–water partition coefficient (Wildman–Crippen LogP) is 2.52. The number of carbonyl (C=O) groups excluding carboxylic acids is 3. The number of rotatable bonds is 6. The van der Waals surface area contributed by atoms with Gasteiger partial charge in [0.2, 0.25) is 0 Å². The van der Waals surface area contributed by atoms with E-state index in [-0.39, 0.29) is 13.0 Å². The molecule has 1 heterocycles. The Balaban J connectivity index is 2.32. The van der Waals surface area contributed by atoms with Gasteiger partial charge in [-0.1, -0.05) is 11.6 Å². The first-order valence-electron chi connectivity index (χ1n) is 7.65. The highest BCUT2D eigenvalue weighted by molar-refractivity contribution is 6.30. The average Bonchev–Trinajstić information content (AvgIpc) is 2.47. The fourth-order valence-electron chi connectivity index (χ4n) is 1.57. The van der Waals surface area contributed by atoms with Crippen molar-refractivity contribution in [3.05, 3.63) is 23.4 Å². The Morgan fingerprint density at radius 2 is 1.96 bits per heavy atom. The fourth-order valence-corrected chi connectivity index (χ4v) is 1.68. The van der Waals surface area contributed by atoms with Gasteiger partial charge in [-0.3, -0.25) is 9.59 Å². The van der Waals surface area contributed by atoms with Gasteiger partial charge in [-0.05, 0) is 39.8 Å². The van der Waals surface area contributed by atoms with Crippen LogP contribution in [0, 0.1) is 0 Å². The van der Waals surface area contributed by atoms with Gasteiger partial charge in [0.25, 0.3) is 5.91 Å². The normalized spacial score (nSPS) is 12.0. The van der Waals surface area contributed by atoms with Crippen molar-refractivity contribution in [3.63, 3.8) is 0 Å². The largest absolute Gasteiger partial charge is 0.452 e. The lowest BCUT2D eigenvalue weighted by atomic mass is 10.2. The van der Waals surface area contributed by atoms with E-state index in [9.17, 15) is 14.4 Å². The molecule has 8 nitrogen and oxygen atoms in total. The molecule has 0 aromatic carbocycles. The number of hydrogen-bond donors (Lipinski definition) is 2. The molecule has 1 aromatic rings. The number of carbonyl (C=O) groups is 3. The zero-order chi connectivity index (χ0) is 19.0. The van der Waals surface area contributed by atoms with Gasteiger partial charge >= 0.3 is 12.1 Å². The number of anilines is 1. The molecule has 0 aliphatic rings. The number of nitrogens with one attached hydrogen (secondary N) is 2. The van der Waals surface area contributed by atoms with Crippen LogP contribution >= 0.6 is 11.6 Å². The van der Waals surface area contributed by atoms with Crippen molar-refractivity contribution in [2.75, 3.05) is 11.9 Å². The highest BCUT2D eigenvalue weighted by Crippen LogP contribution is 2.10. The Labute approximate surface area is 151 Å². The lowest BCUT2D eigenvalue weighted by Gasteiger charge is -2.19. The number of halogens is 1. The maximum atomic E-state index is 11.9. The van der Waals surface area contributed by atoms with E-state index >= 15 is 0 Å². The Kier molecular flexibility index (Phi) is 7.63. The molecule has 0 unspecified atom stereocenters. The molecule has 0 aliphatic carbocycles. The van der Waals surface area contributed by atoms with E-state index in [4.69, 9.17) is 21.1 Å². The van der Waals surface area contributed by atoms with Crippen LogP contribution in [0.4, 0.5) is 10.6 Å². The maximum Gasteiger partial charge on any atom is 0.407 e. The first-order chi connectivity index (χ1) is 11.6. The Morgan fingerprint density at radius 1 is 1.28 bits per heavy atom. The van der Waals surface area contributed by atoms with Gasteiger partial charge in [0, 0.05) is 12.7 Å². The number of amides is 2. The summed E-state index contributed by atoms with van der Waals surface area (Å²) in [5, 5.41) is 5.37. The zero-order valence-electron chi connectivity index (χ0n) is 14.6. The quantitative estimate of drug-likeness (QED) is 0.744. The van der Waals surface area contributed by atoms with Gasteiger partial charge in [-0.15, -0.1) is 0 Å². The van der Waals surface area contributed by atoms with E-state index in [0.717, 1.165) is 0 Å². The maximum absolute atomic E-state index is 11.9. The topological polar surface area (TPSA) is 107 Å². The molecule has 0 spiro atoms. The highest BCUT2D eigenvalue weighted by Gasteiger charge is 2.19. The number of hydrogen-bond acceptors (Lipinski definition) is 6. The summed E-state index contributed by atoms with van der Waals surface area (Å²) in [6, 6.07) is 3.10. The summed E-state index contributed by atoms with van der Waals surface area (Å²) < 4.78 is 10.0. The third-order valence-corrected chi connectivity index (χ3v) is 2.88. The molecule has 9 heteroatoms. The number of ether oxygens (including phenoxy) is 2. The standard InChI is InChI=1S/C16H22ClN3O5/c1-10(14(22)20-12-6-5-11(17)9-19-12)24-13(21)7-8-18-15(23)25-16(2,3)4/h5-6,9-10H,7-8H2,1-4H3,(H,18,23)(H,19,20,22)/t10-/m1/s1. The second-order valence-corrected chi connectivity index (χ2v) is 6.60. The Morgan fingerprint density at radius 3 is 2.52 bits per heavy atom. The van der Waals surface area contributed by atoms with Gasteiger partial charge in [-0.25, -0.2) is 9.78 Å². The summed E-state index contributed by atoms with van der Waals surface area (Å²) in [4.78, 5) is 39.0. The van der Waals surface area contributed by atoms with Crippen molar-refractivity contribution < 1.29 is 23.9 Å². The van der Waals surface area contributed by atoms with E-state index < -0.39 is 29.7 Å². The van der Waals surface area contributed by atoms with Gasteiger partial charge in [0.05, 0.1) is 11.4 Å². The van der Waals surface area contributed by atoms with Crippen molar-refractivity contribution in [1.82, 2.24) is 10.3 Å². The molecule has 1 atom stereocenters. The van der Waals surface area contributed by atoms with Crippen LogP contribution < -0.4 is 10.6 Å². The van der Waals surface area contributed by atoms with Crippen LogP contribution in [-0.4, -0.2) is 41.2 Å². The molecular formula is C16H22ClN3O5. The number of nitrogens with zero attached hydrogens (tertiary/aromatic N) is 1. The molecule has 25 heavy (non-hydrogen) atoms. The molecule has 1 aromatic heterocycles. The van der Waals surface area contributed by atoms with Crippen LogP contribution in [0.15, 0.2) is 18.3 Å². The minimum Gasteiger partial charge on any atom is -0.452 e. The molecule has 0 radical (unpaired) electrons. The van der Waals surface area contributed by atoms with Crippen molar-refractivity contribution in [2.45, 2.75) is 45.8 Å². The van der Waals surface area contributed by atoms with Gasteiger partial charge in [0.15, 0.2) is 6.10 Å². The number of alkyl carbamates (subject to hydrolysis) is 1. The van der Waals surface area contributed by atoms with Crippen molar-refractivity contribution >= 4 is 35.4 Å². The summed E-state index contributed by atoms with van der Waals surface area (Å²) in [5.41, 5.74) is -0.618. The lowest BCUT2D eigenvalue weighted by Crippen LogP contribution is -2.35. The first kappa shape index (κ1) is 20.7. The summed E-state index contributed by atoms with van der Waals surface area (Å²) in [6.45, 7) is 6.68. The van der Waals surface area contributed by atoms with Crippen LogP contribution in [0.2, 0.25) is 5.02 Å². The highest BCUT2D eigenvalue weighted by atomic mass is 35.5. The first-order valence-corrected chi connectivity index (χ1v) is 8.03. The van der Waals surface area contributed by atoms with Crippen LogP contribution in [0.25, 0.3) is 0 Å².